The van der Waals surface area contributed by atoms with Crippen LogP contribution in [0, 0.1) is 0 Å². The predicted octanol–water partition coefficient (Wildman–Crippen LogP) is 5.45. The van der Waals surface area contributed by atoms with E-state index in [1.54, 1.807) is 11.3 Å². The fourth-order valence-corrected chi connectivity index (χ4v) is 6.30. The van der Waals surface area contributed by atoms with Crippen molar-refractivity contribution in [1.82, 2.24) is 14.5 Å². The standard InChI is InChI=1S/C25H23N3O3S2/c29-25(23-20(7-14-32-23)27-8-1-2-9-27)28-10-5-17(6-11-28)24-26-19(16-33-24)18-3-4-21-22(15-18)31-13-12-30-21/h1-4,7-9,14-17H,5-6,10-13H2. The molecule has 33 heavy (non-hydrogen) atoms. The summed E-state index contributed by atoms with van der Waals surface area (Å²) in [5.74, 6) is 2.09. The second-order valence-corrected chi connectivity index (χ2v) is 10.0. The zero-order valence-corrected chi connectivity index (χ0v) is 19.6. The van der Waals surface area contributed by atoms with E-state index in [-0.39, 0.29) is 5.91 Å². The largest absolute Gasteiger partial charge is 0.486 e. The first-order valence-corrected chi connectivity index (χ1v) is 12.9. The number of nitrogens with zero attached hydrogens (tertiary/aromatic N) is 3. The van der Waals surface area contributed by atoms with Crippen molar-refractivity contribution < 1.29 is 14.3 Å². The van der Waals surface area contributed by atoms with Crippen LogP contribution >= 0.6 is 22.7 Å². The first kappa shape index (κ1) is 20.5. The summed E-state index contributed by atoms with van der Waals surface area (Å²) in [5.41, 5.74) is 2.98. The van der Waals surface area contributed by atoms with E-state index in [2.05, 4.69) is 5.38 Å². The lowest BCUT2D eigenvalue weighted by Crippen LogP contribution is -2.37. The average molecular weight is 478 g/mol. The highest BCUT2D eigenvalue weighted by atomic mass is 32.1. The van der Waals surface area contributed by atoms with Gasteiger partial charge in [0.15, 0.2) is 11.5 Å². The molecule has 3 aromatic heterocycles. The number of thiazole rings is 1. The molecule has 0 atom stereocenters. The quantitative estimate of drug-likeness (QED) is 0.392. The number of amides is 1. The summed E-state index contributed by atoms with van der Waals surface area (Å²) < 4.78 is 13.3. The smallest absolute Gasteiger partial charge is 0.266 e. The Labute approximate surface area is 200 Å². The highest BCUT2D eigenvalue weighted by Crippen LogP contribution is 2.37. The summed E-state index contributed by atoms with van der Waals surface area (Å²) in [6, 6.07) is 12.0. The molecule has 168 valence electrons. The van der Waals surface area contributed by atoms with Crippen molar-refractivity contribution in [3.05, 3.63) is 69.4 Å². The van der Waals surface area contributed by atoms with Crippen LogP contribution in [0.1, 0.15) is 33.4 Å². The lowest BCUT2D eigenvalue weighted by molar-refractivity contribution is 0.0718. The molecule has 2 aliphatic rings. The van der Waals surface area contributed by atoms with Crippen molar-refractivity contribution >= 4 is 28.6 Å². The van der Waals surface area contributed by atoms with Gasteiger partial charge in [-0.25, -0.2) is 4.98 Å². The molecule has 1 amide bonds. The molecule has 1 saturated heterocycles. The van der Waals surface area contributed by atoms with Crippen LogP contribution in [0.5, 0.6) is 11.5 Å². The Morgan fingerprint density at radius 2 is 1.79 bits per heavy atom. The molecule has 6 nitrogen and oxygen atoms in total. The molecule has 0 radical (unpaired) electrons. The van der Waals surface area contributed by atoms with Gasteiger partial charge in [0.25, 0.3) is 5.91 Å². The van der Waals surface area contributed by atoms with Crippen molar-refractivity contribution in [2.75, 3.05) is 26.3 Å². The van der Waals surface area contributed by atoms with Gasteiger partial charge in [0.2, 0.25) is 0 Å². The second kappa shape index (κ2) is 8.68. The maximum Gasteiger partial charge on any atom is 0.266 e. The maximum absolute atomic E-state index is 13.2. The normalized spacial score (nSPS) is 16.2. The molecule has 1 fully saturated rings. The number of benzene rings is 1. The molecule has 4 aromatic rings. The highest BCUT2D eigenvalue weighted by molar-refractivity contribution is 7.12. The summed E-state index contributed by atoms with van der Waals surface area (Å²) in [6.45, 7) is 2.68. The molecule has 0 saturated carbocycles. The van der Waals surface area contributed by atoms with Gasteiger partial charge in [0.05, 0.1) is 16.4 Å². The monoisotopic (exact) mass is 477 g/mol. The molecule has 0 spiro atoms. The Morgan fingerprint density at radius 1 is 1.00 bits per heavy atom. The fraction of sp³-hybridized carbons (Fsp3) is 0.280. The summed E-state index contributed by atoms with van der Waals surface area (Å²) in [6.07, 6.45) is 5.83. The number of thiophene rings is 1. The molecule has 0 aliphatic carbocycles. The summed E-state index contributed by atoms with van der Waals surface area (Å²) in [5, 5.41) is 5.26. The highest BCUT2D eigenvalue weighted by Gasteiger charge is 2.28. The fourth-order valence-electron chi connectivity index (χ4n) is 4.44. The predicted molar refractivity (Wildman–Crippen MR) is 130 cm³/mol. The van der Waals surface area contributed by atoms with Crippen molar-refractivity contribution in [3.8, 4) is 28.4 Å². The van der Waals surface area contributed by atoms with Crippen LogP contribution in [0.25, 0.3) is 16.9 Å². The SMILES string of the molecule is O=C(c1sccc1-n1cccc1)N1CCC(c2nc(-c3ccc4c(c3)OCCO4)cs2)CC1. The van der Waals surface area contributed by atoms with Crippen LogP contribution in [0.4, 0.5) is 0 Å². The van der Waals surface area contributed by atoms with Gasteiger partial charge in [-0.2, -0.15) is 0 Å². The van der Waals surface area contributed by atoms with E-state index in [4.69, 9.17) is 14.5 Å². The van der Waals surface area contributed by atoms with Gasteiger partial charge in [-0.3, -0.25) is 4.79 Å². The van der Waals surface area contributed by atoms with Gasteiger partial charge in [-0.05, 0) is 54.6 Å². The van der Waals surface area contributed by atoms with Gasteiger partial charge in [-0.1, -0.05) is 0 Å². The molecule has 0 bridgehead atoms. The minimum absolute atomic E-state index is 0.128. The van der Waals surface area contributed by atoms with Gasteiger partial charge in [0, 0.05) is 42.3 Å². The van der Waals surface area contributed by atoms with E-state index in [0.717, 1.165) is 64.3 Å². The first-order valence-electron chi connectivity index (χ1n) is 11.1. The lowest BCUT2D eigenvalue weighted by Gasteiger charge is -2.31. The maximum atomic E-state index is 13.2. The molecule has 0 unspecified atom stereocenters. The number of hydrogen-bond acceptors (Lipinski definition) is 6. The van der Waals surface area contributed by atoms with Gasteiger partial charge in [-0.15, -0.1) is 22.7 Å². The Kier molecular flexibility index (Phi) is 5.39. The Balaban J connectivity index is 1.13. The van der Waals surface area contributed by atoms with E-state index in [1.165, 1.54) is 11.3 Å². The minimum atomic E-state index is 0.128. The lowest BCUT2D eigenvalue weighted by atomic mass is 9.97. The molecule has 2 aliphatic heterocycles. The minimum Gasteiger partial charge on any atom is -0.486 e. The van der Waals surface area contributed by atoms with Crippen LogP contribution in [-0.2, 0) is 0 Å². The average Bonchev–Trinajstić information content (AvgIpc) is 3.64. The van der Waals surface area contributed by atoms with E-state index in [1.807, 2.05) is 63.6 Å². The molecule has 8 heteroatoms. The van der Waals surface area contributed by atoms with E-state index in [9.17, 15) is 4.79 Å². The number of rotatable bonds is 4. The summed E-state index contributed by atoms with van der Waals surface area (Å²) in [4.78, 5) is 20.9. The van der Waals surface area contributed by atoms with Crippen molar-refractivity contribution in [3.63, 3.8) is 0 Å². The summed E-state index contributed by atoms with van der Waals surface area (Å²) >= 11 is 3.22. The molecule has 0 N–H and O–H groups in total. The zero-order valence-electron chi connectivity index (χ0n) is 18.0. The Morgan fingerprint density at radius 3 is 2.61 bits per heavy atom. The van der Waals surface area contributed by atoms with Crippen LogP contribution in [0.15, 0.2) is 59.6 Å². The van der Waals surface area contributed by atoms with E-state index >= 15 is 0 Å². The van der Waals surface area contributed by atoms with E-state index in [0.29, 0.717) is 19.1 Å². The van der Waals surface area contributed by atoms with Gasteiger partial charge < -0.3 is 18.9 Å². The van der Waals surface area contributed by atoms with Crippen molar-refractivity contribution in [2.24, 2.45) is 0 Å². The van der Waals surface area contributed by atoms with E-state index < -0.39 is 0 Å². The van der Waals surface area contributed by atoms with Crippen molar-refractivity contribution in [2.45, 2.75) is 18.8 Å². The molecule has 5 heterocycles. The van der Waals surface area contributed by atoms with Crippen LogP contribution < -0.4 is 9.47 Å². The van der Waals surface area contributed by atoms with Gasteiger partial charge >= 0.3 is 0 Å². The van der Waals surface area contributed by atoms with Crippen LogP contribution in [0.3, 0.4) is 0 Å². The number of fused-ring (bicyclic) bond motifs is 1. The number of piperidine rings is 1. The topological polar surface area (TPSA) is 56.6 Å². The molecule has 6 rings (SSSR count). The van der Waals surface area contributed by atoms with Gasteiger partial charge in [0.1, 0.15) is 18.1 Å². The number of carbonyl (C=O) groups excluding carboxylic acids is 1. The zero-order chi connectivity index (χ0) is 22.2. The number of hydrogen-bond donors (Lipinski definition) is 0. The Bertz CT molecular complexity index is 1270. The molecule has 1 aromatic carbocycles. The third-order valence-corrected chi connectivity index (χ3v) is 8.11. The second-order valence-electron chi connectivity index (χ2n) is 8.22. The number of aromatic nitrogens is 2. The number of likely N-dealkylation sites (tertiary alicyclic amines) is 1. The van der Waals surface area contributed by atoms with Crippen LogP contribution in [-0.4, -0.2) is 46.7 Å². The summed E-state index contributed by atoms with van der Waals surface area (Å²) in [7, 11) is 0. The Hall–Kier alpha value is -3.10. The van der Waals surface area contributed by atoms with Crippen molar-refractivity contribution in [1.29, 1.82) is 0 Å². The number of ether oxygens (including phenoxy) is 2. The number of carbonyl (C=O) groups is 1. The van der Waals surface area contributed by atoms with Crippen LogP contribution in [0.2, 0.25) is 0 Å². The first-order chi connectivity index (χ1) is 16.3. The third kappa shape index (κ3) is 3.94. The molecular weight excluding hydrogens is 454 g/mol. The molecular formula is C25H23N3O3S2. The third-order valence-electron chi connectivity index (χ3n) is 6.21.